The van der Waals surface area contributed by atoms with E-state index in [0.29, 0.717) is 10.8 Å². The molecular weight excluding hydrogens is 480 g/mol. The van der Waals surface area contributed by atoms with Crippen molar-refractivity contribution in [3.8, 4) is 0 Å². The zero-order valence-corrected chi connectivity index (χ0v) is 20.1. The highest BCUT2D eigenvalue weighted by atomic mass is 79.9. The first-order chi connectivity index (χ1) is 12.8. The van der Waals surface area contributed by atoms with Crippen LogP contribution < -0.4 is 10.9 Å². The Bertz CT molecular complexity index is 1270. The summed E-state index contributed by atoms with van der Waals surface area (Å²) >= 11 is 7.51. The van der Waals surface area contributed by atoms with Gasteiger partial charge in [0.05, 0.1) is 0 Å². The molecular formula is C24H22Br2O2. The quantitative estimate of drug-likeness (QED) is 0.195. The molecule has 0 fully saturated rings. The summed E-state index contributed by atoms with van der Waals surface area (Å²) in [5.41, 5.74) is 0.988. The Morgan fingerprint density at radius 2 is 0.857 bits per heavy atom. The van der Waals surface area contributed by atoms with Crippen LogP contribution in [0.15, 0.2) is 42.8 Å². The van der Waals surface area contributed by atoms with E-state index < -0.39 is 10.9 Å². The van der Waals surface area contributed by atoms with Crippen molar-refractivity contribution in [2.24, 2.45) is 0 Å². The lowest BCUT2D eigenvalue weighted by molar-refractivity contribution is 0.591. The van der Waals surface area contributed by atoms with Crippen molar-refractivity contribution in [1.82, 2.24) is 0 Å². The molecule has 28 heavy (non-hydrogen) atoms. The highest BCUT2D eigenvalue weighted by Crippen LogP contribution is 2.45. The minimum absolute atomic E-state index is 0.134. The second-order valence-corrected chi connectivity index (χ2v) is 11.3. The van der Waals surface area contributed by atoms with Gasteiger partial charge in [0.1, 0.15) is 0 Å². The number of benzene rings is 4. The van der Waals surface area contributed by atoms with E-state index in [1.165, 1.54) is 0 Å². The fraction of sp³-hybridized carbons (Fsp3) is 0.333. The first kappa shape index (κ1) is 19.8. The van der Waals surface area contributed by atoms with Gasteiger partial charge in [-0.15, -0.1) is 0 Å². The van der Waals surface area contributed by atoms with Crippen LogP contribution in [0, 0.1) is 0 Å². The lowest BCUT2D eigenvalue weighted by atomic mass is 9.81. The molecule has 0 unspecified atom stereocenters. The molecule has 0 atom stereocenters. The third-order valence-corrected chi connectivity index (χ3v) is 7.80. The summed E-state index contributed by atoms with van der Waals surface area (Å²) < 4.78 is 1.84. The molecule has 0 bridgehead atoms. The molecule has 2 nitrogen and oxygen atoms in total. The summed E-state index contributed by atoms with van der Waals surface area (Å²) in [5.74, 6) is 0. The second-order valence-electron chi connectivity index (χ2n) is 9.68. The van der Waals surface area contributed by atoms with Crippen LogP contribution in [0.5, 0.6) is 0 Å². The van der Waals surface area contributed by atoms with Crippen LogP contribution in [0.3, 0.4) is 0 Å². The minimum Gasteiger partial charge on any atom is -0.285 e. The summed E-state index contributed by atoms with van der Waals surface area (Å²) in [5, 5.41) is 4.71. The molecule has 0 spiro atoms. The van der Waals surface area contributed by atoms with Gasteiger partial charge in [-0.05, 0) is 88.9 Å². The molecule has 0 aliphatic heterocycles. The van der Waals surface area contributed by atoms with Crippen molar-refractivity contribution in [2.45, 2.75) is 52.4 Å². The Labute approximate surface area is 180 Å². The summed E-state index contributed by atoms with van der Waals surface area (Å²) in [7, 11) is 0. The van der Waals surface area contributed by atoms with Gasteiger partial charge in [-0.2, -0.15) is 0 Å². The molecule has 4 rings (SSSR count). The maximum absolute atomic E-state index is 13.1. The maximum Gasteiger partial charge on any atom is 0.234 e. The maximum atomic E-state index is 13.1. The Hall–Kier alpha value is -1.52. The van der Waals surface area contributed by atoms with Crippen LogP contribution in [0.25, 0.3) is 32.3 Å². The van der Waals surface area contributed by atoms with Crippen molar-refractivity contribution in [2.75, 3.05) is 0 Å². The zero-order chi connectivity index (χ0) is 20.8. The van der Waals surface area contributed by atoms with E-state index >= 15 is 0 Å². The van der Waals surface area contributed by atoms with Crippen molar-refractivity contribution < 1.29 is 0 Å². The predicted molar refractivity (Wildman–Crippen MR) is 127 cm³/mol. The first-order valence-corrected chi connectivity index (χ1v) is 10.9. The van der Waals surface area contributed by atoms with Gasteiger partial charge in [0.25, 0.3) is 0 Å². The second kappa shape index (κ2) is 5.99. The van der Waals surface area contributed by atoms with Gasteiger partial charge in [-0.3, -0.25) is 9.59 Å². The number of halogens is 2. The Morgan fingerprint density at radius 3 is 1.14 bits per heavy atom. The number of rotatable bonds is 0. The Morgan fingerprint density at radius 1 is 0.571 bits per heavy atom. The molecule has 0 saturated heterocycles. The lowest BCUT2D eigenvalue weighted by Crippen LogP contribution is -2.25. The highest BCUT2D eigenvalue weighted by molar-refractivity contribution is 9.13. The molecule has 0 aliphatic carbocycles. The van der Waals surface area contributed by atoms with E-state index in [-0.39, 0.29) is 10.8 Å². The molecule has 0 heterocycles. The molecule has 0 radical (unpaired) electrons. The van der Waals surface area contributed by atoms with Crippen molar-refractivity contribution in [3.05, 3.63) is 64.8 Å². The van der Waals surface area contributed by atoms with E-state index in [1.807, 2.05) is 12.1 Å². The minimum atomic E-state index is -0.412. The van der Waals surface area contributed by atoms with Gasteiger partial charge >= 0.3 is 0 Å². The number of hydrogen-bond acceptors (Lipinski definition) is 2. The van der Waals surface area contributed by atoms with Gasteiger partial charge in [0, 0.05) is 30.5 Å². The molecule has 4 heteroatoms. The standard InChI is InChI=1S/C24H22Br2O2/c1-23(2,3)11-7-13-17-15(9-11)21(27)22(28)16-10-12(24(4,5)6)8-14(18(16)17)20(26)19(13)25/h7-10H,1-6H3. The molecule has 0 aromatic heterocycles. The predicted octanol–water partition coefficient (Wildman–Crippen LogP) is 6.86. The average Bonchev–Trinajstić information content (AvgIpc) is 2.60. The van der Waals surface area contributed by atoms with E-state index in [0.717, 1.165) is 41.6 Å². The van der Waals surface area contributed by atoms with Crippen molar-refractivity contribution in [3.63, 3.8) is 0 Å². The Balaban J connectivity index is 2.39. The molecule has 4 aromatic carbocycles. The van der Waals surface area contributed by atoms with Gasteiger partial charge in [0.15, 0.2) is 0 Å². The summed E-state index contributed by atoms with van der Waals surface area (Å²) in [6.45, 7) is 12.7. The average molecular weight is 502 g/mol. The van der Waals surface area contributed by atoms with Crippen LogP contribution in [0.4, 0.5) is 0 Å². The molecule has 0 N–H and O–H groups in total. The summed E-state index contributed by atoms with van der Waals surface area (Å²) in [6.07, 6.45) is 0. The van der Waals surface area contributed by atoms with Gasteiger partial charge in [0.2, 0.25) is 10.9 Å². The molecule has 0 saturated carbocycles. The number of hydrogen-bond donors (Lipinski definition) is 0. The monoisotopic (exact) mass is 500 g/mol. The topological polar surface area (TPSA) is 34.1 Å². The van der Waals surface area contributed by atoms with Crippen LogP contribution in [0.2, 0.25) is 0 Å². The smallest absolute Gasteiger partial charge is 0.234 e. The van der Waals surface area contributed by atoms with Crippen LogP contribution in [-0.2, 0) is 10.8 Å². The van der Waals surface area contributed by atoms with Crippen molar-refractivity contribution in [1.29, 1.82) is 0 Å². The third kappa shape index (κ3) is 2.72. The van der Waals surface area contributed by atoms with Crippen LogP contribution in [-0.4, -0.2) is 0 Å². The zero-order valence-electron chi connectivity index (χ0n) is 16.9. The molecule has 4 aromatic rings. The highest BCUT2D eigenvalue weighted by Gasteiger charge is 2.25. The fourth-order valence-corrected chi connectivity index (χ4v) is 4.93. The molecule has 0 aliphatic rings. The summed E-state index contributed by atoms with van der Waals surface area (Å²) in [6, 6.07) is 8.08. The molecule has 144 valence electrons. The molecule has 0 amide bonds. The van der Waals surface area contributed by atoms with Gasteiger partial charge in [-0.25, -0.2) is 0 Å². The largest absolute Gasteiger partial charge is 0.285 e. The Kier molecular flexibility index (Phi) is 4.23. The van der Waals surface area contributed by atoms with Gasteiger partial charge in [-0.1, -0.05) is 41.5 Å². The first-order valence-electron chi connectivity index (χ1n) is 9.35. The summed E-state index contributed by atoms with van der Waals surface area (Å²) in [4.78, 5) is 26.2. The van der Waals surface area contributed by atoms with E-state index in [1.54, 1.807) is 0 Å². The van der Waals surface area contributed by atoms with E-state index in [2.05, 4.69) is 85.5 Å². The van der Waals surface area contributed by atoms with E-state index in [9.17, 15) is 9.59 Å². The lowest BCUT2D eigenvalue weighted by Gasteiger charge is -2.24. The normalized spacial score (nSPS) is 13.3. The fourth-order valence-electron chi connectivity index (χ4n) is 3.87. The van der Waals surface area contributed by atoms with Crippen LogP contribution >= 0.6 is 31.9 Å². The van der Waals surface area contributed by atoms with Gasteiger partial charge < -0.3 is 0 Å². The SMILES string of the molecule is CC(C)(C)c1cc2c(Br)c(Br)c3cc(C(C)(C)C)cc4c(=O)c(=O)c(c1)c2c34. The van der Waals surface area contributed by atoms with Crippen molar-refractivity contribution >= 4 is 64.2 Å². The third-order valence-electron chi connectivity index (χ3n) is 5.62. The van der Waals surface area contributed by atoms with E-state index in [4.69, 9.17) is 0 Å². The van der Waals surface area contributed by atoms with Crippen LogP contribution in [0.1, 0.15) is 52.7 Å².